The van der Waals surface area contributed by atoms with Crippen molar-refractivity contribution in [3.8, 4) is 5.75 Å². The number of carbonyl (C=O) groups is 1. The second-order valence-corrected chi connectivity index (χ2v) is 4.62. The number of hydrogen-bond acceptors (Lipinski definition) is 5. The molecule has 2 aromatic rings. The molecule has 1 amide bonds. The topological polar surface area (TPSA) is 85.4 Å². The zero-order valence-corrected chi connectivity index (χ0v) is 10.9. The van der Waals surface area contributed by atoms with Gasteiger partial charge in [-0.1, -0.05) is 12.1 Å². The van der Waals surface area contributed by atoms with Crippen LogP contribution in [0, 0.1) is 0 Å². The van der Waals surface area contributed by atoms with Gasteiger partial charge >= 0.3 is 0 Å². The summed E-state index contributed by atoms with van der Waals surface area (Å²) in [4.78, 5) is 15.9. The number of amides is 1. The molecule has 2 N–H and O–H groups in total. The summed E-state index contributed by atoms with van der Waals surface area (Å²) in [5.41, 5.74) is 1.14. The Balaban J connectivity index is 1.65. The number of aromatic amines is 1. The number of nitrogens with zero attached hydrogens (tertiary/aromatic N) is 4. The van der Waals surface area contributed by atoms with Crippen LogP contribution in [0.4, 0.5) is 5.69 Å². The molecule has 0 radical (unpaired) electrons. The molecule has 7 nitrogen and oxygen atoms in total. The highest BCUT2D eigenvalue weighted by atomic mass is 16.3. The first-order chi connectivity index (χ1) is 9.75. The summed E-state index contributed by atoms with van der Waals surface area (Å²) in [6.07, 6.45) is 1.43. The molecule has 1 fully saturated rings. The van der Waals surface area contributed by atoms with Gasteiger partial charge in [-0.3, -0.25) is 4.79 Å². The maximum Gasteiger partial charge on any atom is 0.276 e. The highest BCUT2D eigenvalue weighted by Gasteiger charge is 2.24. The van der Waals surface area contributed by atoms with Crippen molar-refractivity contribution in [3.05, 3.63) is 36.2 Å². The Morgan fingerprint density at radius 3 is 2.60 bits per heavy atom. The molecule has 0 aliphatic carbocycles. The summed E-state index contributed by atoms with van der Waals surface area (Å²) in [7, 11) is 0. The zero-order chi connectivity index (χ0) is 13.9. The van der Waals surface area contributed by atoms with Crippen LogP contribution in [0.2, 0.25) is 0 Å². The zero-order valence-electron chi connectivity index (χ0n) is 10.9. The Morgan fingerprint density at radius 1 is 1.20 bits per heavy atom. The van der Waals surface area contributed by atoms with Gasteiger partial charge in [-0.15, -0.1) is 0 Å². The maximum atomic E-state index is 12.1. The van der Waals surface area contributed by atoms with Gasteiger partial charge in [-0.2, -0.15) is 15.4 Å². The highest BCUT2D eigenvalue weighted by molar-refractivity contribution is 5.92. The summed E-state index contributed by atoms with van der Waals surface area (Å²) in [6, 6.07) is 7.23. The molecule has 1 aliphatic heterocycles. The molecule has 0 bridgehead atoms. The van der Waals surface area contributed by atoms with Gasteiger partial charge < -0.3 is 14.9 Å². The van der Waals surface area contributed by atoms with E-state index in [2.05, 4.69) is 20.3 Å². The lowest BCUT2D eigenvalue weighted by Crippen LogP contribution is -2.48. The van der Waals surface area contributed by atoms with Crippen molar-refractivity contribution >= 4 is 11.6 Å². The Kier molecular flexibility index (Phi) is 3.24. The Hall–Kier alpha value is -2.57. The van der Waals surface area contributed by atoms with Crippen LogP contribution in [-0.4, -0.2) is 57.5 Å². The van der Waals surface area contributed by atoms with Crippen LogP contribution in [-0.2, 0) is 0 Å². The van der Waals surface area contributed by atoms with Gasteiger partial charge in [-0.05, 0) is 12.1 Å². The Morgan fingerprint density at radius 2 is 1.95 bits per heavy atom. The number of para-hydroxylation sites is 2. The number of piperazine rings is 1. The molecule has 0 spiro atoms. The summed E-state index contributed by atoms with van der Waals surface area (Å²) < 4.78 is 0. The average molecular weight is 273 g/mol. The molecule has 0 atom stereocenters. The van der Waals surface area contributed by atoms with Crippen LogP contribution < -0.4 is 4.90 Å². The van der Waals surface area contributed by atoms with E-state index in [1.165, 1.54) is 6.20 Å². The third-order valence-electron chi connectivity index (χ3n) is 3.42. The van der Waals surface area contributed by atoms with Crippen molar-refractivity contribution in [1.82, 2.24) is 20.3 Å². The first-order valence-electron chi connectivity index (χ1n) is 6.43. The molecule has 7 heteroatoms. The van der Waals surface area contributed by atoms with Crippen molar-refractivity contribution in [2.24, 2.45) is 0 Å². The molecule has 0 saturated carbocycles. The molecule has 0 unspecified atom stereocenters. The van der Waals surface area contributed by atoms with E-state index in [4.69, 9.17) is 0 Å². The first kappa shape index (κ1) is 12.5. The number of benzene rings is 1. The maximum absolute atomic E-state index is 12.1. The SMILES string of the molecule is O=C(c1cn[nH]n1)N1CCN(c2ccccc2O)CC1. The predicted octanol–water partition coefficient (Wildman–Crippen LogP) is 0.473. The fourth-order valence-electron chi connectivity index (χ4n) is 2.35. The number of aromatic nitrogens is 3. The molecule has 20 heavy (non-hydrogen) atoms. The number of carbonyl (C=O) groups excluding carboxylic acids is 1. The number of nitrogens with one attached hydrogen (secondary N) is 1. The van der Waals surface area contributed by atoms with E-state index in [0.717, 1.165) is 5.69 Å². The van der Waals surface area contributed by atoms with Crippen LogP contribution in [0.15, 0.2) is 30.5 Å². The summed E-state index contributed by atoms with van der Waals surface area (Å²) in [5, 5.41) is 19.7. The third kappa shape index (κ3) is 2.29. The number of phenols is 1. The van der Waals surface area contributed by atoms with Crippen molar-refractivity contribution in [3.63, 3.8) is 0 Å². The monoisotopic (exact) mass is 273 g/mol. The Bertz CT molecular complexity index is 591. The lowest BCUT2D eigenvalue weighted by molar-refractivity contribution is 0.0740. The van der Waals surface area contributed by atoms with E-state index in [-0.39, 0.29) is 11.7 Å². The molecule has 1 aromatic heterocycles. The quantitative estimate of drug-likeness (QED) is 0.831. The van der Waals surface area contributed by atoms with E-state index < -0.39 is 0 Å². The van der Waals surface area contributed by atoms with E-state index in [1.54, 1.807) is 17.0 Å². The molecule has 1 saturated heterocycles. The Labute approximate surface area is 115 Å². The number of rotatable bonds is 2. The highest BCUT2D eigenvalue weighted by Crippen LogP contribution is 2.27. The first-order valence-corrected chi connectivity index (χ1v) is 6.43. The van der Waals surface area contributed by atoms with Crippen molar-refractivity contribution in [2.75, 3.05) is 31.1 Å². The second-order valence-electron chi connectivity index (χ2n) is 4.62. The van der Waals surface area contributed by atoms with Crippen LogP contribution in [0.1, 0.15) is 10.5 Å². The number of aromatic hydroxyl groups is 1. The van der Waals surface area contributed by atoms with Gasteiger partial charge in [0.1, 0.15) is 5.75 Å². The fourth-order valence-corrected chi connectivity index (χ4v) is 2.35. The molecule has 1 aromatic carbocycles. The molecule has 1 aliphatic rings. The van der Waals surface area contributed by atoms with E-state index in [0.29, 0.717) is 31.9 Å². The normalized spacial score (nSPS) is 15.4. The van der Waals surface area contributed by atoms with Crippen LogP contribution >= 0.6 is 0 Å². The van der Waals surface area contributed by atoms with Gasteiger partial charge in [-0.25, -0.2) is 0 Å². The number of H-pyrrole nitrogens is 1. The number of hydrogen-bond donors (Lipinski definition) is 2. The van der Waals surface area contributed by atoms with Gasteiger partial charge in [0.25, 0.3) is 5.91 Å². The minimum absolute atomic E-state index is 0.115. The van der Waals surface area contributed by atoms with Crippen LogP contribution in [0.25, 0.3) is 0 Å². The van der Waals surface area contributed by atoms with E-state index in [1.807, 2.05) is 12.1 Å². The van der Waals surface area contributed by atoms with Crippen molar-refractivity contribution in [1.29, 1.82) is 0 Å². The average Bonchev–Trinajstić information content (AvgIpc) is 3.01. The van der Waals surface area contributed by atoms with Crippen LogP contribution in [0.3, 0.4) is 0 Å². The second kappa shape index (κ2) is 5.20. The van der Waals surface area contributed by atoms with Gasteiger partial charge in [0.2, 0.25) is 0 Å². The van der Waals surface area contributed by atoms with Gasteiger partial charge in [0.05, 0.1) is 11.9 Å². The number of phenolic OH excluding ortho intramolecular Hbond substituents is 1. The van der Waals surface area contributed by atoms with E-state index >= 15 is 0 Å². The van der Waals surface area contributed by atoms with Crippen LogP contribution in [0.5, 0.6) is 5.75 Å². The van der Waals surface area contributed by atoms with Gasteiger partial charge in [0.15, 0.2) is 5.69 Å². The standard InChI is InChI=1S/C13H15N5O2/c19-12-4-2-1-3-11(12)17-5-7-18(8-6-17)13(20)10-9-14-16-15-10/h1-4,9,19H,5-8H2,(H,14,15,16). The summed E-state index contributed by atoms with van der Waals surface area (Å²) >= 11 is 0. The summed E-state index contributed by atoms with van der Waals surface area (Å²) in [6.45, 7) is 2.56. The lowest BCUT2D eigenvalue weighted by atomic mass is 10.2. The molecular formula is C13H15N5O2. The molecule has 2 heterocycles. The molecular weight excluding hydrogens is 258 g/mol. The fraction of sp³-hybridized carbons (Fsp3) is 0.308. The minimum Gasteiger partial charge on any atom is -0.506 e. The van der Waals surface area contributed by atoms with E-state index in [9.17, 15) is 9.90 Å². The third-order valence-corrected chi connectivity index (χ3v) is 3.42. The van der Waals surface area contributed by atoms with Crippen molar-refractivity contribution < 1.29 is 9.90 Å². The largest absolute Gasteiger partial charge is 0.506 e. The number of anilines is 1. The molecule has 3 rings (SSSR count). The van der Waals surface area contributed by atoms with Crippen molar-refractivity contribution in [2.45, 2.75) is 0 Å². The van der Waals surface area contributed by atoms with Gasteiger partial charge in [0, 0.05) is 26.2 Å². The summed E-state index contributed by atoms with van der Waals surface area (Å²) in [5.74, 6) is 0.152. The molecule has 104 valence electrons. The smallest absolute Gasteiger partial charge is 0.276 e. The predicted molar refractivity (Wildman–Crippen MR) is 72.6 cm³/mol. The lowest BCUT2D eigenvalue weighted by Gasteiger charge is -2.35. The minimum atomic E-state index is -0.115.